The Balaban J connectivity index is 2.03. The van der Waals surface area contributed by atoms with E-state index in [1.807, 2.05) is 39.0 Å². The predicted molar refractivity (Wildman–Crippen MR) is 85.6 cm³/mol. The molecule has 2 aromatic rings. The van der Waals surface area contributed by atoms with Gasteiger partial charge in [0.15, 0.2) is 6.61 Å². The van der Waals surface area contributed by atoms with E-state index in [9.17, 15) is 13.6 Å². The van der Waals surface area contributed by atoms with Gasteiger partial charge >= 0.3 is 0 Å². The van der Waals surface area contributed by atoms with Crippen LogP contribution in [-0.4, -0.2) is 12.5 Å². The van der Waals surface area contributed by atoms with Crippen LogP contribution in [0.3, 0.4) is 0 Å². The number of hydrogen-bond donors (Lipinski definition) is 1. The fraction of sp³-hybridized carbons (Fsp3) is 0.278. The van der Waals surface area contributed by atoms with E-state index in [-0.39, 0.29) is 17.7 Å². The number of benzene rings is 2. The molecule has 2 rings (SSSR count). The van der Waals surface area contributed by atoms with Crippen LogP contribution < -0.4 is 10.1 Å². The fourth-order valence-electron chi connectivity index (χ4n) is 2.13. The molecule has 2 aromatic carbocycles. The van der Waals surface area contributed by atoms with Gasteiger partial charge in [0.05, 0.1) is 5.69 Å². The number of nitrogens with one attached hydrogen (secondary N) is 1. The van der Waals surface area contributed by atoms with Gasteiger partial charge in [-0.05, 0) is 29.2 Å². The Hall–Kier alpha value is -2.43. The lowest BCUT2D eigenvalue weighted by molar-refractivity contribution is -0.118. The highest BCUT2D eigenvalue weighted by molar-refractivity contribution is 5.92. The molecule has 0 bridgehead atoms. The first-order chi connectivity index (χ1) is 10.8. The van der Waals surface area contributed by atoms with Gasteiger partial charge in [0.1, 0.15) is 17.4 Å². The maximum absolute atomic E-state index is 13.5. The molecule has 0 radical (unpaired) electrons. The standard InChI is InChI=1S/C18H19F2NO2/c1-18(2,3)13-6-4-5-7-16(13)23-11-17(22)21-15-9-8-12(19)10-14(15)20/h4-10H,11H2,1-3H3,(H,21,22). The topological polar surface area (TPSA) is 38.3 Å². The van der Waals surface area contributed by atoms with Gasteiger partial charge in [-0.3, -0.25) is 4.79 Å². The van der Waals surface area contributed by atoms with E-state index >= 15 is 0 Å². The van der Waals surface area contributed by atoms with Crippen LogP contribution >= 0.6 is 0 Å². The number of halogens is 2. The zero-order valence-electron chi connectivity index (χ0n) is 13.3. The maximum Gasteiger partial charge on any atom is 0.262 e. The first kappa shape index (κ1) is 16.9. The SMILES string of the molecule is CC(C)(C)c1ccccc1OCC(=O)Nc1ccc(F)cc1F. The van der Waals surface area contributed by atoms with Crippen molar-refractivity contribution in [2.75, 3.05) is 11.9 Å². The van der Waals surface area contributed by atoms with E-state index in [1.54, 1.807) is 6.07 Å². The van der Waals surface area contributed by atoms with Crippen LogP contribution in [0.15, 0.2) is 42.5 Å². The summed E-state index contributed by atoms with van der Waals surface area (Å²) in [6.07, 6.45) is 0. The van der Waals surface area contributed by atoms with E-state index in [2.05, 4.69) is 5.32 Å². The Labute approximate surface area is 134 Å². The summed E-state index contributed by atoms with van der Waals surface area (Å²) >= 11 is 0. The van der Waals surface area contributed by atoms with Crippen molar-refractivity contribution in [2.45, 2.75) is 26.2 Å². The molecule has 0 unspecified atom stereocenters. The van der Waals surface area contributed by atoms with Crippen molar-refractivity contribution in [3.63, 3.8) is 0 Å². The molecular formula is C18H19F2NO2. The predicted octanol–water partition coefficient (Wildman–Crippen LogP) is 4.28. The Morgan fingerprint density at radius 1 is 1.13 bits per heavy atom. The van der Waals surface area contributed by atoms with Crippen molar-refractivity contribution in [1.82, 2.24) is 0 Å². The molecule has 23 heavy (non-hydrogen) atoms. The molecule has 3 nitrogen and oxygen atoms in total. The number of carbonyl (C=O) groups excluding carboxylic acids is 1. The first-order valence-corrected chi connectivity index (χ1v) is 7.24. The smallest absolute Gasteiger partial charge is 0.262 e. The van der Waals surface area contributed by atoms with Crippen LogP contribution in [0.25, 0.3) is 0 Å². The van der Waals surface area contributed by atoms with Crippen molar-refractivity contribution in [3.05, 3.63) is 59.7 Å². The lowest BCUT2D eigenvalue weighted by Crippen LogP contribution is -2.22. The lowest BCUT2D eigenvalue weighted by Gasteiger charge is -2.22. The van der Waals surface area contributed by atoms with E-state index in [4.69, 9.17) is 4.74 Å². The second-order valence-corrected chi connectivity index (χ2v) is 6.21. The molecule has 5 heteroatoms. The summed E-state index contributed by atoms with van der Waals surface area (Å²) < 4.78 is 31.9. The Kier molecular flexibility index (Phi) is 4.98. The molecule has 0 aromatic heterocycles. The van der Waals surface area contributed by atoms with Gasteiger partial charge in [-0.1, -0.05) is 39.0 Å². The third kappa shape index (κ3) is 4.52. The number of hydrogen-bond acceptors (Lipinski definition) is 2. The number of anilines is 1. The van der Waals surface area contributed by atoms with Crippen LogP contribution in [0.5, 0.6) is 5.75 Å². The number of carbonyl (C=O) groups is 1. The third-order valence-electron chi connectivity index (χ3n) is 3.26. The summed E-state index contributed by atoms with van der Waals surface area (Å²) in [5.41, 5.74) is 0.765. The average molecular weight is 319 g/mol. The molecule has 0 aliphatic carbocycles. The van der Waals surface area contributed by atoms with Gasteiger partial charge in [0, 0.05) is 6.07 Å². The summed E-state index contributed by atoms with van der Waals surface area (Å²) in [6.45, 7) is 5.87. The van der Waals surface area contributed by atoms with Gasteiger partial charge in [0.2, 0.25) is 0 Å². The number of ether oxygens (including phenoxy) is 1. The normalized spacial score (nSPS) is 11.2. The van der Waals surface area contributed by atoms with Crippen LogP contribution in [0.2, 0.25) is 0 Å². The van der Waals surface area contributed by atoms with Gasteiger partial charge in [-0.25, -0.2) is 8.78 Å². The average Bonchev–Trinajstić information content (AvgIpc) is 2.47. The minimum Gasteiger partial charge on any atom is -0.483 e. The number of para-hydroxylation sites is 1. The zero-order chi connectivity index (χ0) is 17.0. The lowest BCUT2D eigenvalue weighted by atomic mass is 9.86. The molecule has 0 saturated heterocycles. The molecule has 0 fully saturated rings. The second-order valence-electron chi connectivity index (χ2n) is 6.21. The van der Waals surface area contributed by atoms with Crippen molar-refractivity contribution in [2.24, 2.45) is 0 Å². The largest absolute Gasteiger partial charge is 0.483 e. The van der Waals surface area contributed by atoms with Crippen LogP contribution in [0.1, 0.15) is 26.3 Å². The Morgan fingerprint density at radius 2 is 1.83 bits per heavy atom. The minimum absolute atomic E-state index is 0.0795. The van der Waals surface area contributed by atoms with Crippen LogP contribution in [0.4, 0.5) is 14.5 Å². The summed E-state index contributed by atoms with van der Waals surface area (Å²) in [4.78, 5) is 11.9. The molecule has 122 valence electrons. The second kappa shape index (κ2) is 6.77. The molecule has 0 atom stereocenters. The van der Waals surface area contributed by atoms with Crippen molar-refractivity contribution < 1.29 is 18.3 Å². The zero-order valence-corrected chi connectivity index (χ0v) is 13.3. The molecule has 1 N–H and O–H groups in total. The molecular weight excluding hydrogens is 300 g/mol. The van der Waals surface area contributed by atoms with Crippen molar-refractivity contribution >= 4 is 11.6 Å². The summed E-state index contributed by atoms with van der Waals surface area (Å²) in [6, 6.07) is 10.4. The van der Waals surface area contributed by atoms with Crippen LogP contribution in [0, 0.1) is 11.6 Å². The molecule has 0 aliphatic heterocycles. The molecule has 0 saturated carbocycles. The highest BCUT2D eigenvalue weighted by atomic mass is 19.1. The van der Waals surface area contributed by atoms with E-state index in [1.165, 1.54) is 6.07 Å². The fourth-order valence-corrected chi connectivity index (χ4v) is 2.13. The summed E-state index contributed by atoms with van der Waals surface area (Å²) in [7, 11) is 0. The summed E-state index contributed by atoms with van der Waals surface area (Å²) in [5.74, 6) is -1.43. The first-order valence-electron chi connectivity index (χ1n) is 7.24. The highest BCUT2D eigenvalue weighted by Gasteiger charge is 2.19. The minimum atomic E-state index is -0.826. The molecule has 0 heterocycles. The van der Waals surface area contributed by atoms with E-state index in [0.717, 1.165) is 11.6 Å². The molecule has 0 aliphatic rings. The Bertz CT molecular complexity index is 708. The van der Waals surface area contributed by atoms with E-state index < -0.39 is 17.5 Å². The van der Waals surface area contributed by atoms with Gasteiger partial charge in [-0.15, -0.1) is 0 Å². The van der Waals surface area contributed by atoms with Gasteiger partial charge < -0.3 is 10.1 Å². The number of rotatable bonds is 4. The number of amides is 1. The van der Waals surface area contributed by atoms with Crippen LogP contribution in [-0.2, 0) is 10.2 Å². The molecule has 0 spiro atoms. The Morgan fingerprint density at radius 3 is 2.48 bits per heavy atom. The van der Waals surface area contributed by atoms with Gasteiger partial charge in [-0.2, -0.15) is 0 Å². The maximum atomic E-state index is 13.5. The van der Waals surface area contributed by atoms with E-state index in [0.29, 0.717) is 11.8 Å². The monoisotopic (exact) mass is 319 g/mol. The quantitative estimate of drug-likeness (QED) is 0.913. The van der Waals surface area contributed by atoms with Crippen molar-refractivity contribution in [1.29, 1.82) is 0 Å². The summed E-state index contributed by atoms with van der Waals surface area (Å²) in [5, 5.41) is 2.36. The highest BCUT2D eigenvalue weighted by Crippen LogP contribution is 2.30. The van der Waals surface area contributed by atoms with Crippen molar-refractivity contribution in [3.8, 4) is 5.75 Å². The van der Waals surface area contributed by atoms with Gasteiger partial charge in [0.25, 0.3) is 5.91 Å². The molecule has 1 amide bonds. The third-order valence-corrected chi connectivity index (χ3v) is 3.26.